The number of aryl methyl sites for hydroxylation is 3. The van der Waals surface area contributed by atoms with Crippen molar-refractivity contribution < 1.29 is 19.1 Å². The number of nitrogens with one attached hydrogen (secondary N) is 1. The number of carbonyl (C=O) groups is 2. The molecular formula is C40H37N2O4P. The number of nitrogens with zero attached hydrogens (tertiary/aromatic N) is 1. The van der Waals surface area contributed by atoms with E-state index in [-0.39, 0.29) is 18.6 Å². The Kier molecular flexibility index (Phi) is 8.86. The van der Waals surface area contributed by atoms with E-state index in [0.29, 0.717) is 6.54 Å². The zero-order valence-corrected chi connectivity index (χ0v) is 27.3. The first-order chi connectivity index (χ1) is 23.0. The predicted octanol–water partition coefficient (Wildman–Crippen LogP) is 8.96. The molecule has 0 saturated carbocycles. The van der Waals surface area contributed by atoms with E-state index in [4.69, 9.17) is 9.47 Å². The van der Waals surface area contributed by atoms with Gasteiger partial charge in [-0.05, 0) is 83.7 Å². The summed E-state index contributed by atoms with van der Waals surface area (Å²) in [5, 5.41) is 4.46. The Morgan fingerprint density at radius 1 is 0.723 bits per heavy atom. The summed E-state index contributed by atoms with van der Waals surface area (Å²) in [7, 11) is -2.12. The first kappa shape index (κ1) is 30.8. The zero-order valence-electron chi connectivity index (χ0n) is 26.4. The topological polar surface area (TPSA) is 77.5 Å². The van der Waals surface area contributed by atoms with Crippen LogP contribution in [0.1, 0.15) is 57.5 Å². The van der Waals surface area contributed by atoms with Crippen molar-refractivity contribution in [1.29, 1.82) is 0 Å². The molecule has 1 spiro atoms. The highest BCUT2D eigenvalue weighted by Crippen LogP contribution is 2.56. The lowest BCUT2D eigenvalue weighted by Crippen LogP contribution is -2.31. The molecule has 2 aliphatic rings. The van der Waals surface area contributed by atoms with E-state index in [0.717, 1.165) is 64.6 Å². The average Bonchev–Trinajstić information content (AvgIpc) is 3.69. The average molecular weight is 641 g/mol. The second kappa shape index (κ2) is 13.5. The third-order valence-corrected chi connectivity index (χ3v) is 11.3. The molecule has 0 fully saturated rings. The number of anilines is 1. The number of aromatic nitrogens is 1. The molecule has 2 aliphatic carbocycles. The van der Waals surface area contributed by atoms with Gasteiger partial charge < -0.3 is 14.8 Å². The molecule has 0 unspecified atom stereocenters. The zero-order chi connectivity index (χ0) is 32.2. The van der Waals surface area contributed by atoms with Gasteiger partial charge in [-0.15, -0.1) is 0 Å². The second-order valence-corrected chi connectivity index (χ2v) is 14.2. The van der Waals surface area contributed by atoms with E-state index in [1.54, 1.807) is 0 Å². The van der Waals surface area contributed by atoms with Crippen LogP contribution in [0.15, 0.2) is 115 Å². The van der Waals surface area contributed by atoms with Crippen molar-refractivity contribution >= 4 is 30.3 Å². The Bertz CT molecular complexity index is 1850. The van der Waals surface area contributed by atoms with Crippen LogP contribution >= 0.6 is 7.92 Å². The summed E-state index contributed by atoms with van der Waals surface area (Å²) in [5.74, 6) is 0. The minimum Gasteiger partial charge on any atom is -0.457 e. The quantitative estimate of drug-likeness (QED) is 0.154. The maximum absolute atomic E-state index is 14.1. The van der Waals surface area contributed by atoms with Crippen molar-refractivity contribution in [3.8, 4) is 0 Å². The third-order valence-electron chi connectivity index (χ3n) is 9.46. The maximum Gasteiger partial charge on any atom is 0.342 e. The van der Waals surface area contributed by atoms with Gasteiger partial charge in [0.25, 0.3) is 0 Å². The van der Waals surface area contributed by atoms with Crippen LogP contribution in [0.2, 0.25) is 0 Å². The number of hydrogen-bond acceptors (Lipinski definition) is 6. The number of benzene rings is 4. The number of ether oxygens (including phenoxy) is 2. The van der Waals surface area contributed by atoms with E-state index < -0.39 is 19.3 Å². The van der Waals surface area contributed by atoms with Gasteiger partial charge in [0.1, 0.15) is 13.2 Å². The lowest BCUT2D eigenvalue weighted by Gasteiger charge is -2.32. The van der Waals surface area contributed by atoms with E-state index in [2.05, 4.69) is 47.6 Å². The molecule has 7 rings (SSSR count). The number of carbonyl (C=O) groups excluding carboxylic acids is 2. The predicted molar refractivity (Wildman–Crippen MR) is 186 cm³/mol. The van der Waals surface area contributed by atoms with Crippen LogP contribution < -0.4 is 10.6 Å². The normalized spacial score (nSPS) is 16.1. The van der Waals surface area contributed by atoms with E-state index >= 15 is 0 Å². The molecule has 5 aromatic rings. The van der Waals surface area contributed by atoms with Gasteiger partial charge in [0.2, 0.25) is 0 Å². The standard InChI is InChI=1S/C40H37N2O4P/c1-28-11-10-24-41-34(28)25-42-33-18-8-16-31-20-22-40(36(31)33)23-21-32-17-9-19-35(37(32)40)47(38(43)45-26-29-12-4-2-5-13-29)39(44)46-27-30-14-6-3-7-15-30/h2-19,24,42H,20-23,25-27H2,1H3/t40-/m0/s1. The van der Waals surface area contributed by atoms with Crippen LogP contribution in [0.5, 0.6) is 0 Å². The fourth-order valence-electron chi connectivity index (χ4n) is 7.22. The Balaban J connectivity index is 1.26. The molecule has 236 valence electrons. The van der Waals surface area contributed by atoms with Crippen molar-refractivity contribution in [1.82, 2.24) is 4.98 Å². The van der Waals surface area contributed by atoms with Crippen molar-refractivity contribution in [3.05, 3.63) is 160 Å². The molecular weight excluding hydrogens is 603 g/mol. The lowest BCUT2D eigenvalue weighted by molar-refractivity contribution is 0.160. The minimum absolute atomic E-state index is 0.0917. The molecule has 0 amide bonds. The number of fused-ring (bicyclic) bond motifs is 4. The van der Waals surface area contributed by atoms with Crippen LogP contribution in [-0.4, -0.2) is 16.4 Å². The Hall–Kier alpha value is -4.80. The smallest absolute Gasteiger partial charge is 0.342 e. The maximum atomic E-state index is 14.1. The molecule has 1 heterocycles. The highest BCUT2D eigenvalue weighted by molar-refractivity contribution is 7.94. The van der Waals surface area contributed by atoms with Crippen LogP contribution in [-0.2, 0) is 47.5 Å². The summed E-state index contributed by atoms with van der Waals surface area (Å²) in [6, 6.07) is 35.7. The van der Waals surface area contributed by atoms with Crippen LogP contribution in [0.3, 0.4) is 0 Å². The van der Waals surface area contributed by atoms with Crippen LogP contribution in [0, 0.1) is 6.92 Å². The van der Waals surface area contributed by atoms with E-state index in [1.807, 2.05) is 85.1 Å². The molecule has 1 N–H and O–H groups in total. The second-order valence-electron chi connectivity index (χ2n) is 12.3. The van der Waals surface area contributed by atoms with Crippen molar-refractivity contribution in [3.63, 3.8) is 0 Å². The molecule has 1 aromatic heterocycles. The molecule has 1 atom stereocenters. The largest absolute Gasteiger partial charge is 0.457 e. The summed E-state index contributed by atoms with van der Waals surface area (Å²) in [5.41, 5.74) is 8.42. The number of rotatable bonds is 10. The van der Waals surface area contributed by atoms with Gasteiger partial charge in [-0.25, -0.2) is 9.59 Å². The van der Waals surface area contributed by atoms with Gasteiger partial charge in [0, 0.05) is 22.6 Å². The first-order valence-electron chi connectivity index (χ1n) is 16.1. The van der Waals surface area contributed by atoms with Gasteiger partial charge in [-0.1, -0.05) is 97.1 Å². The number of hydrogen-bond donors (Lipinski definition) is 1. The summed E-state index contributed by atoms with van der Waals surface area (Å²) in [6.45, 7) is 2.87. The summed E-state index contributed by atoms with van der Waals surface area (Å²) in [4.78, 5) is 32.7. The Morgan fingerprint density at radius 3 is 1.94 bits per heavy atom. The van der Waals surface area contributed by atoms with Crippen molar-refractivity contribution in [2.24, 2.45) is 0 Å². The van der Waals surface area contributed by atoms with E-state index in [1.165, 1.54) is 16.7 Å². The minimum atomic E-state index is -2.12. The third kappa shape index (κ3) is 6.18. The van der Waals surface area contributed by atoms with Gasteiger partial charge in [0.05, 0.1) is 12.2 Å². The first-order valence-corrected chi connectivity index (χ1v) is 17.5. The van der Waals surface area contributed by atoms with Gasteiger partial charge in [-0.2, -0.15) is 0 Å². The highest BCUT2D eigenvalue weighted by atomic mass is 31.1. The van der Waals surface area contributed by atoms with Gasteiger partial charge in [0.15, 0.2) is 7.92 Å². The molecule has 6 nitrogen and oxygen atoms in total. The summed E-state index contributed by atoms with van der Waals surface area (Å²) < 4.78 is 11.8. The van der Waals surface area contributed by atoms with Gasteiger partial charge in [-0.3, -0.25) is 4.98 Å². The molecule has 0 saturated heterocycles. The fourth-order valence-corrected chi connectivity index (χ4v) is 8.97. The van der Waals surface area contributed by atoms with Crippen LogP contribution in [0.4, 0.5) is 15.3 Å². The van der Waals surface area contributed by atoms with Gasteiger partial charge >= 0.3 is 11.4 Å². The molecule has 47 heavy (non-hydrogen) atoms. The summed E-state index contributed by atoms with van der Waals surface area (Å²) >= 11 is 0. The van der Waals surface area contributed by atoms with Crippen LogP contribution in [0.25, 0.3) is 0 Å². The molecule has 0 aliphatic heterocycles. The fraction of sp³-hybridized carbons (Fsp3) is 0.225. The molecule has 0 radical (unpaired) electrons. The Morgan fingerprint density at radius 2 is 1.32 bits per heavy atom. The number of pyridine rings is 1. The van der Waals surface area contributed by atoms with Crippen molar-refractivity contribution in [2.75, 3.05) is 5.32 Å². The monoisotopic (exact) mass is 640 g/mol. The molecule has 7 heteroatoms. The van der Waals surface area contributed by atoms with E-state index in [9.17, 15) is 9.59 Å². The Labute approximate surface area is 276 Å². The molecule has 4 aromatic carbocycles. The van der Waals surface area contributed by atoms with Crippen molar-refractivity contribution in [2.45, 2.75) is 57.8 Å². The molecule has 0 bridgehead atoms. The SMILES string of the molecule is Cc1cccnc1CNc1cccc2c1[C@]1(CC2)CCc2cccc(P(C(=O)OCc3ccccc3)C(=O)OCc3ccccc3)c21. The summed E-state index contributed by atoms with van der Waals surface area (Å²) in [6.07, 6.45) is 5.45. The highest BCUT2D eigenvalue weighted by Gasteiger charge is 2.50. The lowest BCUT2D eigenvalue weighted by atomic mass is 9.76.